The maximum absolute atomic E-state index is 12.4. The molecule has 0 saturated carbocycles. The van der Waals surface area contributed by atoms with Gasteiger partial charge in [0.2, 0.25) is 5.91 Å². The van der Waals surface area contributed by atoms with Crippen LogP contribution < -0.4 is 0 Å². The Hall–Kier alpha value is -2.05. The van der Waals surface area contributed by atoms with Crippen molar-refractivity contribution in [3.63, 3.8) is 0 Å². The lowest BCUT2D eigenvalue weighted by atomic mass is 10.1. The van der Waals surface area contributed by atoms with Crippen molar-refractivity contribution in [2.75, 3.05) is 6.54 Å². The summed E-state index contributed by atoms with van der Waals surface area (Å²) in [6, 6.07) is 3.87. The molecule has 0 aliphatic carbocycles. The zero-order chi connectivity index (χ0) is 16.3. The number of hydrogen-bond donors (Lipinski definition) is 1. The molecule has 1 amide bonds. The molecule has 0 aromatic heterocycles. The number of amides is 1. The van der Waals surface area contributed by atoms with Crippen LogP contribution in [-0.4, -0.2) is 34.5 Å². The van der Waals surface area contributed by atoms with Crippen LogP contribution in [-0.2, 0) is 22.2 Å². The molecule has 1 fully saturated rings. The number of nitrogens with zero attached hydrogens (tertiary/aromatic N) is 1. The number of carbonyl (C=O) groups excluding carboxylic acids is 1. The zero-order valence-electron chi connectivity index (χ0n) is 11.8. The van der Waals surface area contributed by atoms with Crippen molar-refractivity contribution in [2.24, 2.45) is 0 Å². The van der Waals surface area contributed by atoms with Gasteiger partial charge in [-0.1, -0.05) is 12.1 Å². The van der Waals surface area contributed by atoms with Crippen molar-refractivity contribution in [2.45, 2.75) is 37.9 Å². The molecule has 1 aromatic rings. The molecule has 2 rings (SSSR count). The van der Waals surface area contributed by atoms with Crippen molar-refractivity contribution in [1.82, 2.24) is 4.90 Å². The number of carbonyl (C=O) groups is 2. The minimum absolute atomic E-state index is 0.0924. The average Bonchev–Trinajstić information content (AvgIpc) is 2.94. The highest BCUT2D eigenvalue weighted by molar-refractivity contribution is 5.84. The maximum Gasteiger partial charge on any atom is 0.416 e. The van der Waals surface area contributed by atoms with E-state index in [1.165, 1.54) is 17.0 Å². The van der Waals surface area contributed by atoms with Gasteiger partial charge >= 0.3 is 12.1 Å². The number of aryl methyl sites for hydroxylation is 1. The van der Waals surface area contributed by atoms with Crippen molar-refractivity contribution in [3.8, 4) is 0 Å². The first kappa shape index (κ1) is 16.3. The van der Waals surface area contributed by atoms with Gasteiger partial charge in [-0.15, -0.1) is 0 Å². The molecule has 7 heteroatoms. The Kier molecular flexibility index (Phi) is 4.73. The number of aliphatic carboxylic acids is 1. The van der Waals surface area contributed by atoms with Gasteiger partial charge in [0.1, 0.15) is 6.04 Å². The number of rotatable bonds is 4. The summed E-state index contributed by atoms with van der Waals surface area (Å²) in [5.41, 5.74) is -0.111. The van der Waals surface area contributed by atoms with E-state index in [1.54, 1.807) is 0 Å². The standard InChI is InChI=1S/C15H16F3NO3/c16-15(17,18)11-6-3-10(4-7-11)5-8-13(20)19-9-1-2-12(19)14(21)22/h3-4,6-7,12H,1-2,5,8-9H2,(H,21,22)/t12-/m0/s1. The summed E-state index contributed by atoms with van der Waals surface area (Å²) >= 11 is 0. The molecule has 0 bridgehead atoms. The molecule has 1 N–H and O–H groups in total. The third-order valence-corrected chi connectivity index (χ3v) is 3.77. The van der Waals surface area contributed by atoms with Crippen LogP contribution in [0.5, 0.6) is 0 Å². The summed E-state index contributed by atoms with van der Waals surface area (Å²) in [4.78, 5) is 24.4. The first-order chi connectivity index (χ1) is 10.3. The van der Waals surface area contributed by atoms with Gasteiger partial charge in [0, 0.05) is 13.0 Å². The molecular formula is C15H16F3NO3. The van der Waals surface area contributed by atoms with E-state index >= 15 is 0 Å². The molecule has 22 heavy (non-hydrogen) atoms. The second-order valence-electron chi connectivity index (χ2n) is 5.28. The van der Waals surface area contributed by atoms with Crippen LogP contribution in [0.4, 0.5) is 13.2 Å². The maximum atomic E-state index is 12.4. The Labute approximate surface area is 125 Å². The fourth-order valence-corrected chi connectivity index (χ4v) is 2.58. The first-order valence-electron chi connectivity index (χ1n) is 6.97. The van der Waals surface area contributed by atoms with Crippen LogP contribution in [0.15, 0.2) is 24.3 Å². The fraction of sp³-hybridized carbons (Fsp3) is 0.467. The third kappa shape index (κ3) is 3.78. The number of likely N-dealkylation sites (tertiary alicyclic amines) is 1. The SMILES string of the molecule is O=C(O)[C@@H]1CCCN1C(=O)CCc1ccc(C(F)(F)F)cc1. The van der Waals surface area contributed by atoms with Crippen molar-refractivity contribution < 1.29 is 27.9 Å². The van der Waals surface area contributed by atoms with Crippen LogP contribution in [0.2, 0.25) is 0 Å². The van der Waals surface area contributed by atoms with Crippen molar-refractivity contribution in [1.29, 1.82) is 0 Å². The number of alkyl halides is 3. The summed E-state index contributed by atoms with van der Waals surface area (Å²) < 4.78 is 37.3. The van der Waals surface area contributed by atoms with Crippen LogP contribution in [0.25, 0.3) is 0 Å². The fourth-order valence-electron chi connectivity index (χ4n) is 2.58. The van der Waals surface area contributed by atoms with Crippen molar-refractivity contribution in [3.05, 3.63) is 35.4 Å². The van der Waals surface area contributed by atoms with Gasteiger partial charge in [0.25, 0.3) is 0 Å². The molecule has 120 valence electrons. The second-order valence-corrected chi connectivity index (χ2v) is 5.28. The number of benzene rings is 1. The predicted octanol–water partition coefficient (Wildman–Crippen LogP) is 2.71. The Morgan fingerprint density at radius 2 is 1.86 bits per heavy atom. The molecule has 1 aliphatic heterocycles. The summed E-state index contributed by atoms with van der Waals surface area (Å²) in [5, 5.41) is 9.02. The number of carboxylic acid groups (broad SMARTS) is 1. The Morgan fingerprint density at radius 1 is 1.23 bits per heavy atom. The molecule has 0 spiro atoms. The lowest BCUT2D eigenvalue weighted by Crippen LogP contribution is -2.40. The highest BCUT2D eigenvalue weighted by atomic mass is 19.4. The summed E-state index contributed by atoms with van der Waals surface area (Å²) in [6.45, 7) is 0.419. The Morgan fingerprint density at radius 3 is 2.41 bits per heavy atom. The molecule has 0 unspecified atom stereocenters. The van der Waals surface area contributed by atoms with E-state index in [9.17, 15) is 22.8 Å². The van der Waals surface area contributed by atoms with Gasteiger partial charge in [0.15, 0.2) is 0 Å². The monoisotopic (exact) mass is 315 g/mol. The molecule has 1 heterocycles. The molecule has 0 radical (unpaired) electrons. The first-order valence-corrected chi connectivity index (χ1v) is 6.97. The van der Waals surface area contributed by atoms with E-state index in [-0.39, 0.29) is 12.3 Å². The van der Waals surface area contributed by atoms with E-state index in [0.717, 1.165) is 12.1 Å². The minimum Gasteiger partial charge on any atom is -0.480 e. The van der Waals surface area contributed by atoms with Gasteiger partial charge < -0.3 is 10.0 Å². The smallest absolute Gasteiger partial charge is 0.416 e. The quantitative estimate of drug-likeness (QED) is 0.929. The molecule has 1 aliphatic rings. The highest BCUT2D eigenvalue weighted by Crippen LogP contribution is 2.29. The van der Waals surface area contributed by atoms with Gasteiger partial charge in [-0.2, -0.15) is 13.2 Å². The van der Waals surface area contributed by atoms with E-state index in [2.05, 4.69) is 0 Å². The van der Waals surface area contributed by atoms with Gasteiger partial charge in [-0.25, -0.2) is 4.79 Å². The number of carboxylic acids is 1. The Bertz CT molecular complexity index is 554. The van der Waals surface area contributed by atoms with Crippen LogP contribution in [0, 0.1) is 0 Å². The lowest BCUT2D eigenvalue weighted by Gasteiger charge is -2.21. The largest absolute Gasteiger partial charge is 0.480 e. The van der Waals surface area contributed by atoms with Crippen LogP contribution >= 0.6 is 0 Å². The van der Waals surface area contributed by atoms with E-state index in [4.69, 9.17) is 5.11 Å². The molecule has 4 nitrogen and oxygen atoms in total. The van der Waals surface area contributed by atoms with Crippen molar-refractivity contribution >= 4 is 11.9 Å². The molecule has 1 aromatic carbocycles. The van der Waals surface area contributed by atoms with Gasteiger partial charge in [0.05, 0.1) is 5.56 Å². The number of halogens is 3. The third-order valence-electron chi connectivity index (χ3n) is 3.77. The number of hydrogen-bond acceptors (Lipinski definition) is 2. The van der Waals surface area contributed by atoms with Gasteiger partial charge in [-0.05, 0) is 37.0 Å². The van der Waals surface area contributed by atoms with E-state index in [0.29, 0.717) is 31.4 Å². The topological polar surface area (TPSA) is 57.6 Å². The lowest BCUT2D eigenvalue weighted by molar-refractivity contribution is -0.148. The normalized spacial score (nSPS) is 18.5. The Balaban J connectivity index is 1.92. The average molecular weight is 315 g/mol. The van der Waals surface area contributed by atoms with Gasteiger partial charge in [-0.3, -0.25) is 4.79 Å². The van der Waals surface area contributed by atoms with Crippen LogP contribution in [0.1, 0.15) is 30.4 Å². The van der Waals surface area contributed by atoms with E-state index < -0.39 is 23.8 Å². The molecular weight excluding hydrogens is 299 g/mol. The summed E-state index contributed by atoms with van der Waals surface area (Å²) in [6.07, 6.45) is -2.89. The van der Waals surface area contributed by atoms with Crippen LogP contribution in [0.3, 0.4) is 0 Å². The summed E-state index contributed by atoms with van der Waals surface area (Å²) in [5.74, 6) is -1.29. The molecule has 1 saturated heterocycles. The second kappa shape index (κ2) is 6.37. The minimum atomic E-state index is -4.38. The zero-order valence-corrected chi connectivity index (χ0v) is 11.8. The van der Waals surface area contributed by atoms with E-state index in [1.807, 2.05) is 0 Å². The highest BCUT2D eigenvalue weighted by Gasteiger charge is 2.33. The predicted molar refractivity (Wildman–Crippen MR) is 72.1 cm³/mol. The summed E-state index contributed by atoms with van der Waals surface area (Å²) in [7, 11) is 0. The molecule has 1 atom stereocenters.